The number of fused-ring (bicyclic) bond motifs is 1. The molecule has 0 bridgehead atoms. The Kier molecular flexibility index (Phi) is 4.22. The summed E-state index contributed by atoms with van der Waals surface area (Å²) in [7, 11) is 1.56. The molecule has 0 aromatic heterocycles. The number of carbonyl (C=O) groups excluding carboxylic acids is 1. The van der Waals surface area contributed by atoms with Gasteiger partial charge >= 0.3 is 0 Å². The number of anilines is 1. The Hall–Kier alpha value is -2.52. The molecule has 0 atom stereocenters. The van der Waals surface area contributed by atoms with Crippen LogP contribution < -0.4 is 10.1 Å². The van der Waals surface area contributed by atoms with Crippen molar-refractivity contribution in [3.8, 4) is 5.75 Å². The molecule has 0 aliphatic carbocycles. The minimum Gasteiger partial charge on any atom is -0.496 e. The number of halogens is 1. The third-order valence-corrected chi connectivity index (χ3v) is 4.24. The van der Waals surface area contributed by atoms with Crippen LogP contribution in [0.3, 0.4) is 0 Å². The van der Waals surface area contributed by atoms with Crippen LogP contribution in [0.5, 0.6) is 5.75 Å². The van der Waals surface area contributed by atoms with Crippen LogP contribution in [0.1, 0.15) is 15.9 Å². The quantitative estimate of drug-likeness (QED) is 0.730. The van der Waals surface area contributed by atoms with E-state index in [1.54, 1.807) is 13.2 Å². The SMILES string of the molecule is COc1cc2ccccc2cc1C(=O)Nc1cccc(Cl)c1C. The number of rotatable bonds is 3. The Morgan fingerprint density at radius 1 is 1.04 bits per heavy atom. The first-order chi connectivity index (χ1) is 11.1. The van der Waals surface area contributed by atoms with Crippen LogP contribution in [-0.4, -0.2) is 13.0 Å². The molecule has 0 saturated heterocycles. The lowest BCUT2D eigenvalue weighted by atomic mass is 10.0. The lowest BCUT2D eigenvalue weighted by molar-refractivity contribution is 0.102. The fraction of sp³-hybridized carbons (Fsp3) is 0.105. The fourth-order valence-corrected chi connectivity index (χ4v) is 2.67. The van der Waals surface area contributed by atoms with Gasteiger partial charge in [0.05, 0.1) is 12.7 Å². The Morgan fingerprint density at radius 2 is 1.74 bits per heavy atom. The van der Waals surface area contributed by atoms with E-state index in [1.807, 2.05) is 55.5 Å². The van der Waals surface area contributed by atoms with E-state index in [-0.39, 0.29) is 5.91 Å². The van der Waals surface area contributed by atoms with E-state index < -0.39 is 0 Å². The van der Waals surface area contributed by atoms with Crippen molar-refractivity contribution in [1.29, 1.82) is 0 Å². The number of ether oxygens (including phenoxy) is 1. The summed E-state index contributed by atoms with van der Waals surface area (Å²) >= 11 is 6.10. The molecule has 0 aliphatic heterocycles. The van der Waals surface area contributed by atoms with E-state index in [1.165, 1.54) is 0 Å². The van der Waals surface area contributed by atoms with Crippen molar-refractivity contribution in [2.24, 2.45) is 0 Å². The number of benzene rings is 3. The molecule has 0 fully saturated rings. The van der Waals surface area contributed by atoms with Crippen LogP contribution in [0.2, 0.25) is 5.02 Å². The summed E-state index contributed by atoms with van der Waals surface area (Å²) < 4.78 is 5.38. The minimum atomic E-state index is -0.224. The highest BCUT2D eigenvalue weighted by Crippen LogP contribution is 2.28. The van der Waals surface area contributed by atoms with E-state index in [4.69, 9.17) is 16.3 Å². The van der Waals surface area contributed by atoms with Gasteiger partial charge in [0.25, 0.3) is 5.91 Å². The summed E-state index contributed by atoms with van der Waals surface area (Å²) in [4.78, 5) is 12.7. The van der Waals surface area contributed by atoms with Crippen LogP contribution in [0.15, 0.2) is 54.6 Å². The summed E-state index contributed by atoms with van der Waals surface area (Å²) in [5.41, 5.74) is 2.02. The monoisotopic (exact) mass is 325 g/mol. The molecule has 3 nitrogen and oxygen atoms in total. The molecule has 0 radical (unpaired) electrons. The van der Waals surface area contributed by atoms with Crippen LogP contribution in [-0.2, 0) is 0 Å². The van der Waals surface area contributed by atoms with Crippen molar-refractivity contribution < 1.29 is 9.53 Å². The number of carbonyl (C=O) groups is 1. The van der Waals surface area contributed by atoms with Crippen molar-refractivity contribution in [3.63, 3.8) is 0 Å². The van der Waals surface area contributed by atoms with Gasteiger partial charge in [0, 0.05) is 10.7 Å². The summed E-state index contributed by atoms with van der Waals surface area (Å²) in [6, 6.07) is 17.0. The topological polar surface area (TPSA) is 38.3 Å². The molecule has 1 N–H and O–H groups in total. The van der Waals surface area contributed by atoms with Gasteiger partial charge in [-0.2, -0.15) is 0 Å². The highest BCUT2D eigenvalue weighted by atomic mass is 35.5. The minimum absolute atomic E-state index is 0.224. The van der Waals surface area contributed by atoms with E-state index in [0.717, 1.165) is 16.3 Å². The van der Waals surface area contributed by atoms with E-state index in [0.29, 0.717) is 22.0 Å². The van der Waals surface area contributed by atoms with Crippen molar-refractivity contribution in [2.75, 3.05) is 12.4 Å². The van der Waals surface area contributed by atoms with Gasteiger partial charge in [-0.25, -0.2) is 0 Å². The molecular weight excluding hydrogens is 310 g/mol. The highest BCUT2D eigenvalue weighted by molar-refractivity contribution is 6.31. The number of hydrogen-bond donors (Lipinski definition) is 1. The van der Waals surface area contributed by atoms with Crippen molar-refractivity contribution >= 4 is 34.0 Å². The number of methoxy groups -OCH3 is 1. The molecule has 0 heterocycles. The Balaban J connectivity index is 2.01. The Labute approximate surface area is 139 Å². The summed E-state index contributed by atoms with van der Waals surface area (Å²) in [5, 5.41) is 5.54. The summed E-state index contributed by atoms with van der Waals surface area (Å²) in [5.74, 6) is 0.318. The molecule has 0 saturated carbocycles. The lowest BCUT2D eigenvalue weighted by Gasteiger charge is -2.13. The summed E-state index contributed by atoms with van der Waals surface area (Å²) in [6.45, 7) is 1.87. The normalized spacial score (nSPS) is 10.6. The zero-order valence-corrected chi connectivity index (χ0v) is 13.6. The predicted molar refractivity (Wildman–Crippen MR) is 94.6 cm³/mol. The molecule has 3 aromatic rings. The van der Waals surface area contributed by atoms with Gasteiger partial charge in [-0.05, 0) is 47.5 Å². The molecular formula is C19H16ClNO2. The third kappa shape index (κ3) is 3.01. The molecule has 3 rings (SSSR count). The highest BCUT2D eigenvalue weighted by Gasteiger charge is 2.15. The van der Waals surface area contributed by atoms with Gasteiger partial charge < -0.3 is 10.1 Å². The van der Waals surface area contributed by atoms with Gasteiger partial charge in [0.15, 0.2) is 0 Å². The van der Waals surface area contributed by atoms with Gasteiger partial charge in [-0.15, -0.1) is 0 Å². The molecule has 116 valence electrons. The molecule has 0 spiro atoms. The first-order valence-corrected chi connectivity index (χ1v) is 7.61. The number of nitrogens with one attached hydrogen (secondary N) is 1. The van der Waals surface area contributed by atoms with Crippen LogP contribution in [0.25, 0.3) is 10.8 Å². The first-order valence-electron chi connectivity index (χ1n) is 7.23. The molecule has 0 unspecified atom stereocenters. The molecule has 0 aliphatic rings. The van der Waals surface area contributed by atoms with Crippen molar-refractivity contribution in [2.45, 2.75) is 6.92 Å². The van der Waals surface area contributed by atoms with Crippen molar-refractivity contribution in [3.05, 3.63) is 70.7 Å². The van der Waals surface area contributed by atoms with Gasteiger partial charge in [0.1, 0.15) is 5.75 Å². The van der Waals surface area contributed by atoms with Gasteiger partial charge in [0.2, 0.25) is 0 Å². The maximum absolute atomic E-state index is 12.7. The Morgan fingerprint density at radius 3 is 2.43 bits per heavy atom. The van der Waals surface area contributed by atoms with E-state index in [9.17, 15) is 4.79 Å². The zero-order chi connectivity index (χ0) is 16.4. The maximum Gasteiger partial charge on any atom is 0.259 e. The molecule has 4 heteroatoms. The van der Waals surface area contributed by atoms with Crippen LogP contribution in [0.4, 0.5) is 5.69 Å². The van der Waals surface area contributed by atoms with Crippen LogP contribution >= 0.6 is 11.6 Å². The second kappa shape index (κ2) is 6.31. The molecule has 23 heavy (non-hydrogen) atoms. The lowest BCUT2D eigenvalue weighted by Crippen LogP contribution is -2.14. The predicted octanol–water partition coefficient (Wildman–Crippen LogP) is 5.06. The third-order valence-electron chi connectivity index (χ3n) is 3.83. The fourth-order valence-electron chi connectivity index (χ4n) is 2.50. The molecule has 3 aromatic carbocycles. The average Bonchev–Trinajstić information content (AvgIpc) is 2.57. The maximum atomic E-state index is 12.7. The Bertz CT molecular complexity index is 890. The zero-order valence-electron chi connectivity index (χ0n) is 12.9. The number of hydrogen-bond acceptors (Lipinski definition) is 2. The standard InChI is InChI=1S/C19H16ClNO2/c1-12-16(20)8-5-9-17(12)21-19(22)15-10-13-6-3-4-7-14(13)11-18(15)23-2/h3-11H,1-2H3,(H,21,22). The molecule has 1 amide bonds. The van der Waals surface area contributed by atoms with E-state index >= 15 is 0 Å². The summed E-state index contributed by atoms with van der Waals surface area (Å²) in [6.07, 6.45) is 0. The van der Waals surface area contributed by atoms with Gasteiger partial charge in [-0.1, -0.05) is 41.9 Å². The van der Waals surface area contributed by atoms with Crippen molar-refractivity contribution in [1.82, 2.24) is 0 Å². The average molecular weight is 326 g/mol. The second-order valence-electron chi connectivity index (χ2n) is 5.27. The first kappa shape index (κ1) is 15.4. The smallest absolute Gasteiger partial charge is 0.259 e. The largest absolute Gasteiger partial charge is 0.496 e. The van der Waals surface area contributed by atoms with Gasteiger partial charge in [-0.3, -0.25) is 4.79 Å². The van der Waals surface area contributed by atoms with Crippen LogP contribution in [0, 0.1) is 6.92 Å². The number of amides is 1. The van der Waals surface area contributed by atoms with E-state index in [2.05, 4.69) is 5.32 Å². The second-order valence-corrected chi connectivity index (χ2v) is 5.67.